The number of hydrogen-bond donors (Lipinski definition) is 0. The van der Waals surface area contributed by atoms with Gasteiger partial charge in [0.1, 0.15) is 11.0 Å². The molecular weight excluding hydrogens is 494 g/mol. The van der Waals surface area contributed by atoms with E-state index in [0.29, 0.717) is 5.75 Å². The fourth-order valence-electron chi connectivity index (χ4n) is 4.94. The van der Waals surface area contributed by atoms with E-state index in [4.69, 9.17) is 4.18 Å². The van der Waals surface area contributed by atoms with Crippen molar-refractivity contribution >= 4 is 48.7 Å². The predicted octanol–water partition coefficient (Wildman–Crippen LogP) is 6.01. The highest BCUT2D eigenvalue weighted by Gasteiger charge is 2.53. The van der Waals surface area contributed by atoms with Gasteiger partial charge < -0.3 is 8.75 Å². The molecular formula is C24H18BrNO3S2. The average Bonchev–Trinajstić information content (AvgIpc) is 3.06. The Labute approximate surface area is 193 Å². The lowest BCUT2D eigenvalue weighted by atomic mass is 9.84. The van der Waals surface area contributed by atoms with Gasteiger partial charge in [0.05, 0.1) is 10.3 Å². The summed E-state index contributed by atoms with van der Waals surface area (Å²) in [5, 5.41) is 1.20. The molecule has 2 aliphatic rings. The Kier molecular flexibility index (Phi) is 4.32. The first-order valence-corrected chi connectivity index (χ1v) is 13.1. The number of benzene rings is 3. The van der Waals surface area contributed by atoms with Gasteiger partial charge in [-0.2, -0.15) is 8.42 Å². The molecule has 3 aromatic carbocycles. The van der Waals surface area contributed by atoms with Gasteiger partial charge in [-0.3, -0.25) is 0 Å². The summed E-state index contributed by atoms with van der Waals surface area (Å²) in [6, 6.07) is 23.7. The summed E-state index contributed by atoms with van der Waals surface area (Å²) < 4.78 is 35.9. The third-order valence-corrected chi connectivity index (χ3v) is 10.1. The smallest absolute Gasteiger partial charge is 0.314 e. The van der Waals surface area contributed by atoms with Crippen molar-refractivity contribution in [2.24, 2.45) is 7.05 Å². The van der Waals surface area contributed by atoms with Crippen molar-refractivity contribution in [2.75, 3.05) is 0 Å². The van der Waals surface area contributed by atoms with E-state index in [1.165, 1.54) is 0 Å². The summed E-state index contributed by atoms with van der Waals surface area (Å²) in [7, 11) is -1.79. The highest BCUT2D eigenvalue weighted by molar-refractivity contribution is 9.10. The molecule has 0 amide bonds. The van der Waals surface area contributed by atoms with E-state index in [0.717, 1.165) is 37.1 Å². The Morgan fingerprint density at radius 1 is 1.00 bits per heavy atom. The molecule has 2 aliphatic heterocycles. The molecule has 6 rings (SSSR count). The Hall–Kier alpha value is -2.22. The quantitative estimate of drug-likeness (QED) is 0.293. The van der Waals surface area contributed by atoms with Gasteiger partial charge in [0.25, 0.3) is 0 Å². The number of nitrogens with zero attached hydrogens (tertiary/aromatic N) is 1. The lowest BCUT2D eigenvalue weighted by Gasteiger charge is -2.41. The summed E-state index contributed by atoms with van der Waals surface area (Å²) >= 11 is 5.20. The van der Waals surface area contributed by atoms with Gasteiger partial charge in [-0.05, 0) is 29.8 Å². The minimum Gasteiger partial charge on any atom is -0.382 e. The van der Waals surface area contributed by atoms with Crippen LogP contribution in [0, 0.1) is 0 Å². The highest BCUT2D eigenvalue weighted by Crippen LogP contribution is 2.59. The molecule has 31 heavy (non-hydrogen) atoms. The first-order valence-electron chi connectivity index (χ1n) is 9.97. The molecule has 0 spiro atoms. The van der Waals surface area contributed by atoms with E-state index in [1.807, 2.05) is 54.6 Å². The number of para-hydroxylation sites is 1. The van der Waals surface area contributed by atoms with E-state index < -0.39 is 15.4 Å². The maximum absolute atomic E-state index is 13.5. The standard InChI is InChI=1S/C24H18BrNO3S2/c1-26-18-10-6-5-9-16(18)21-20-17-13-15(25)11-12-19(17)29-31(27,28)23(20)22(30-24(21)26)14-7-3-2-4-8-14/h2-13,20,22-23H,1H3/t20-,22+,23-/m0/s1. The third kappa shape index (κ3) is 2.83. The Morgan fingerprint density at radius 3 is 2.55 bits per heavy atom. The topological polar surface area (TPSA) is 48.3 Å². The van der Waals surface area contributed by atoms with Crippen LogP contribution in [0.25, 0.3) is 10.9 Å². The normalized spacial score (nSPS) is 23.5. The van der Waals surface area contributed by atoms with Gasteiger partial charge in [-0.1, -0.05) is 76.2 Å². The SMILES string of the molecule is Cn1c2c(c3ccccc31)[C@@H]1c3cc(Br)ccc3OS(=O)(=O)[C@@H]1[C@@H](c1ccccc1)S2. The van der Waals surface area contributed by atoms with E-state index >= 15 is 0 Å². The summed E-state index contributed by atoms with van der Waals surface area (Å²) in [4.78, 5) is 0. The van der Waals surface area contributed by atoms with E-state index in [2.05, 4.69) is 39.7 Å². The maximum atomic E-state index is 13.5. The second kappa shape index (κ2) is 6.89. The van der Waals surface area contributed by atoms with E-state index in [-0.39, 0.29) is 11.2 Å². The molecule has 0 N–H and O–H groups in total. The average molecular weight is 512 g/mol. The largest absolute Gasteiger partial charge is 0.382 e. The van der Waals surface area contributed by atoms with Crippen molar-refractivity contribution in [3.63, 3.8) is 0 Å². The van der Waals surface area contributed by atoms with Gasteiger partial charge >= 0.3 is 10.1 Å². The van der Waals surface area contributed by atoms with Crippen molar-refractivity contribution in [2.45, 2.75) is 21.4 Å². The second-order valence-electron chi connectivity index (χ2n) is 7.94. The van der Waals surface area contributed by atoms with Crippen LogP contribution >= 0.6 is 27.7 Å². The summed E-state index contributed by atoms with van der Waals surface area (Å²) in [5.74, 6) is 0.0980. The molecule has 7 heteroatoms. The van der Waals surface area contributed by atoms with Gasteiger partial charge in [0.2, 0.25) is 0 Å². The van der Waals surface area contributed by atoms with Crippen LogP contribution in [0.15, 0.2) is 82.3 Å². The molecule has 0 saturated heterocycles. The van der Waals surface area contributed by atoms with Crippen molar-refractivity contribution in [3.8, 4) is 5.75 Å². The van der Waals surface area contributed by atoms with Crippen LogP contribution < -0.4 is 4.18 Å². The fraction of sp³-hybridized carbons (Fsp3) is 0.167. The van der Waals surface area contributed by atoms with Gasteiger partial charge in [-0.25, -0.2) is 0 Å². The molecule has 0 saturated carbocycles. The minimum atomic E-state index is -3.85. The minimum absolute atomic E-state index is 0.279. The van der Waals surface area contributed by atoms with Crippen molar-refractivity contribution < 1.29 is 12.6 Å². The van der Waals surface area contributed by atoms with Crippen LogP contribution in [0.4, 0.5) is 0 Å². The first kappa shape index (κ1) is 19.5. The number of rotatable bonds is 1. The third-order valence-electron chi connectivity index (χ3n) is 6.24. The van der Waals surface area contributed by atoms with Crippen LogP contribution in [0.2, 0.25) is 0 Å². The van der Waals surface area contributed by atoms with Crippen molar-refractivity contribution in [1.82, 2.24) is 4.57 Å². The zero-order chi connectivity index (χ0) is 21.3. The second-order valence-corrected chi connectivity index (χ2v) is 11.7. The van der Waals surface area contributed by atoms with Crippen LogP contribution in [-0.4, -0.2) is 18.2 Å². The lowest BCUT2D eigenvalue weighted by molar-refractivity contribution is 0.433. The lowest BCUT2D eigenvalue weighted by Crippen LogP contribution is -2.42. The maximum Gasteiger partial charge on any atom is 0.314 e. The predicted molar refractivity (Wildman–Crippen MR) is 127 cm³/mol. The molecule has 1 aromatic heterocycles. The number of hydrogen-bond acceptors (Lipinski definition) is 4. The molecule has 4 nitrogen and oxygen atoms in total. The molecule has 0 radical (unpaired) electrons. The molecule has 4 aromatic rings. The van der Waals surface area contributed by atoms with Crippen LogP contribution in [0.3, 0.4) is 0 Å². The Bertz CT molecular complexity index is 1450. The molecule has 0 bridgehead atoms. The first-order chi connectivity index (χ1) is 15.0. The van der Waals surface area contributed by atoms with Gasteiger partial charge in [-0.15, -0.1) is 0 Å². The van der Waals surface area contributed by atoms with Crippen LogP contribution in [-0.2, 0) is 17.2 Å². The monoisotopic (exact) mass is 511 g/mol. The molecule has 3 atom stereocenters. The number of thioether (sulfide) groups is 1. The van der Waals surface area contributed by atoms with Gasteiger partial charge in [0, 0.05) is 39.5 Å². The summed E-state index contributed by atoms with van der Waals surface area (Å²) in [6.07, 6.45) is 0. The molecule has 3 heterocycles. The van der Waals surface area contributed by atoms with Crippen LogP contribution in [0.1, 0.15) is 27.9 Å². The Morgan fingerprint density at radius 2 is 1.74 bits per heavy atom. The zero-order valence-electron chi connectivity index (χ0n) is 16.5. The highest BCUT2D eigenvalue weighted by atomic mass is 79.9. The number of halogens is 1. The van der Waals surface area contributed by atoms with Gasteiger partial charge in [0.15, 0.2) is 0 Å². The van der Waals surface area contributed by atoms with Crippen molar-refractivity contribution in [1.29, 1.82) is 0 Å². The van der Waals surface area contributed by atoms with Crippen molar-refractivity contribution in [3.05, 3.63) is 94.0 Å². The van der Waals surface area contributed by atoms with Crippen LogP contribution in [0.5, 0.6) is 5.75 Å². The molecule has 0 aliphatic carbocycles. The number of aryl methyl sites for hydroxylation is 1. The number of fused-ring (bicyclic) bond motifs is 7. The Balaban J connectivity index is 1.73. The molecule has 0 unspecified atom stereocenters. The summed E-state index contributed by atoms with van der Waals surface area (Å²) in [6.45, 7) is 0. The molecule has 156 valence electrons. The van der Waals surface area contributed by atoms with E-state index in [9.17, 15) is 8.42 Å². The zero-order valence-corrected chi connectivity index (χ0v) is 19.7. The summed E-state index contributed by atoms with van der Waals surface area (Å²) in [5.41, 5.74) is 4.08. The van der Waals surface area contributed by atoms with E-state index in [1.54, 1.807) is 17.8 Å². The molecule has 0 fully saturated rings. The fourth-order valence-corrected chi connectivity index (χ4v) is 8.93. The number of aromatic nitrogens is 1.